The Balaban J connectivity index is 1.45. The van der Waals surface area contributed by atoms with Crippen molar-refractivity contribution in [1.29, 1.82) is 0 Å². The molecule has 1 aliphatic heterocycles. The third-order valence-corrected chi connectivity index (χ3v) is 7.67. The molecule has 4 rings (SSSR count). The van der Waals surface area contributed by atoms with Crippen molar-refractivity contribution in [1.82, 2.24) is 0 Å². The number of amides is 1. The molecule has 0 spiro atoms. The average Bonchev–Trinajstić information content (AvgIpc) is 3.26. The van der Waals surface area contributed by atoms with Crippen LogP contribution in [-0.4, -0.2) is 42.3 Å². The Labute approximate surface area is 207 Å². The summed E-state index contributed by atoms with van der Waals surface area (Å²) < 4.78 is 63.7. The van der Waals surface area contributed by atoms with Crippen LogP contribution in [0.25, 0.3) is 0 Å². The second-order valence-electron chi connectivity index (χ2n) is 7.49. The lowest BCUT2D eigenvalue weighted by Crippen LogP contribution is -2.37. The van der Waals surface area contributed by atoms with Gasteiger partial charge >= 0.3 is 0 Å². The molecular formula is C22H20ClN3O7S2. The SMILES string of the molecule is CS(=O)(=O)N(CC(=O)Nc1ccc(S(=O)(=O)Nc2ccc(Cl)cc2)cc1)c1ccc2c(c1)OCO2. The van der Waals surface area contributed by atoms with Crippen LogP contribution >= 0.6 is 11.6 Å². The molecule has 2 N–H and O–H groups in total. The van der Waals surface area contributed by atoms with Crippen molar-refractivity contribution in [2.45, 2.75) is 4.90 Å². The highest BCUT2D eigenvalue weighted by Gasteiger charge is 2.24. The van der Waals surface area contributed by atoms with E-state index in [-0.39, 0.29) is 17.4 Å². The zero-order chi connectivity index (χ0) is 25.2. The van der Waals surface area contributed by atoms with Gasteiger partial charge in [0.25, 0.3) is 10.0 Å². The van der Waals surface area contributed by atoms with E-state index in [4.69, 9.17) is 21.1 Å². The number of nitrogens with zero attached hydrogens (tertiary/aromatic N) is 1. The van der Waals surface area contributed by atoms with E-state index in [2.05, 4.69) is 10.0 Å². The number of sulfonamides is 2. The number of hydrogen-bond acceptors (Lipinski definition) is 7. The Hall–Kier alpha value is -3.48. The lowest BCUT2D eigenvalue weighted by atomic mass is 10.2. The van der Waals surface area contributed by atoms with Gasteiger partial charge in [-0.05, 0) is 60.7 Å². The number of benzene rings is 3. The van der Waals surface area contributed by atoms with Gasteiger partial charge in [-0.2, -0.15) is 0 Å². The summed E-state index contributed by atoms with van der Waals surface area (Å²) in [4.78, 5) is 12.6. The Morgan fingerprint density at radius 1 is 0.914 bits per heavy atom. The third-order valence-electron chi connectivity index (χ3n) is 4.88. The maximum atomic E-state index is 12.6. The lowest BCUT2D eigenvalue weighted by Gasteiger charge is -2.22. The van der Waals surface area contributed by atoms with Crippen LogP contribution in [0, 0.1) is 0 Å². The van der Waals surface area contributed by atoms with Crippen LogP contribution in [0.4, 0.5) is 17.1 Å². The van der Waals surface area contributed by atoms with Gasteiger partial charge in [-0.15, -0.1) is 0 Å². The maximum Gasteiger partial charge on any atom is 0.261 e. The number of hydrogen-bond donors (Lipinski definition) is 2. The molecule has 0 saturated carbocycles. The van der Waals surface area contributed by atoms with Gasteiger partial charge in [0.2, 0.25) is 22.7 Å². The Morgan fingerprint density at radius 2 is 1.54 bits per heavy atom. The zero-order valence-corrected chi connectivity index (χ0v) is 20.7. The molecule has 0 fully saturated rings. The van der Waals surface area contributed by atoms with Gasteiger partial charge in [-0.1, -0.05) is 11.6 Å². The molecule has 184 valence electrons. The van der Waals surface area contributed by atoms with Crippen molar-refractivity contribution < 1.29 is 31.1 Å². The molecule has 0 aromatic heterocycles. The third kappa shape index (κ3) is 5.96. The number of anilines is 3. The number of carbonyl (C=O) groups excluding carboxylic acids is 1. The first kappa shape index (κ1) is 24.6. The van der Waals surface area contributed by atoms with Gasteiger partial charge < -0.3 is 14.8 Å². The Kier molecular flexibility index (Phi) is 6.79. The molecule has 0 aliphatic carbocycles. The van der Waals surface area contributed by atoms with Crippen LogP contribution in [0.1, 0.15) is 0 Å². The quantitative estimate of drug-likeness (QED) is 0.451. The summed E-state index contributed by atoms with van der Waals surface area (Å²) in [5, 5.41) is 3.04. The highest BCUT2D eigenvalue weighted by molar-refractivity contribution is 7.92. The second kappa shape index (κ2) is 9.64. The largest absolute Gasteiger partial charge is 0.454 e. The average molecular weight is 538 g/mol. The van der Waals surface area contributed by atoms with E-state index >= 15 is 0 Å². The molecular weight excluding hydrogens is 518 g/mol. The topological polar surface area (TPSA) is 131 Å². The van der Waals surface area contributed by atoms with Gasteiger partial charge in [-0.3, -0.25) is 13.8 Å². The number of nitrogens with one attached hydrogen (secondary N) is 2. The minimum absolute atomic E-state index is 0.0245. The molecule has 13 heteroatoms. The minimum atomic E-state index is -3.87. The first-order valence-corrected chi connectivity index (χ1v) is 13.8. The van der Waals surface area contributed by atoms with Gasteiger partial charge in [0.05, 0.1) is 16.8 Å². The van der Waals surface area contributed by atoms with Crippen LogP contribution < -0.4 is 23.8 Å². The first-order chi connectivity index (χ1) is 16.5. The normalized spacial score (nSPS) is 12.7. The van der Waals surface area contributed by atoms with Gasteiger partial charge in [0.15, 0.2) is 11.5 Å². The highest BCUT2D eigenvalue weighted by atomic mass is 35.5. The molecule has 1 aliphatic rings. The van der Waals surface area contributed by atoms with Crippen molar-refractivity contribution in [3.05, 3.63) is 71.8 Å². The predicted molar refractivity (Wildman–Crippen MR) is 132 cm³/mol. The first-order valence-electron chi connectivity index (χ1n) is 10.1. The highest BCUT2D eigenvalue weighted by Crippen LogP contribution is 2.36. The fraction of sp³-hybridized carbons (Fsp3) is 0.136. The summed E-state index contributed by atoms with van der Waals surface area (Å²) in [5.41, 5.74) is 0.873. The summed E-state index contributed by atoms with van der Waals surface area (Å²) in [5.74, 6) is 0.232. The van der Waals surface area contributed by atoms with E-state index in [1.165, 1.54) is 48.5 Å². The van der Waals surface area contributed by atoms with E-state index in [1.807, 2.05) is 0 Å². The summed E-state index contributed by atoms with van der Waals surface area (Å²) in [6.07, 6.45) is 0.984. The van der Waals surface area contributed by atoms with Crippen molar-refractivity contribution in [3.63, 3.8) is 0 Å². The molecule has 3 aromatic carbocycles. The Morgan fingerprint density at radius 3 is 2.20 bits per heavy atom. The zero-order valence-electron chi connectivity index (χ0n) is 18.3. The van der Waals surface area contributed by atoms with E-state index in [1.54, 1.807) is 18.2 Å². The molecule has 1 heterocycles. The molecule has 0 bridgehead atoms. The summed E-state index contributed by atoms with van der Waals surface area (Å²) in [6, 6.07) is 16.2. The van der Waals surface area contributed by atoms with Crippen LogP contribution in [0.15, 0.2) is 71.6 Å². The number of ether oxygens (including phenoxy) is 2. The monoisotopic (exact) mass is 537 g/mol. The fourth-order valence-electron chi connectivity index (χ4n) is 3.22. The smallest absolute Gasteiger partial charge is 0.261 e. The number of rotatable bonds is 8. The number of fused-ring (bicyclic) bond motifs is 1. The second-order valence-corrected chi connectivity index (χ2v) is 11.5. The standard InChI is InChI=1S/C22H20ClN3O7S2/c1-34(28,29)26(18-8-11-20-21(12-18)33-14-32-20)13-22(27)24-16-6-9-19(10-7-16)35(30,31)25-17-4-2-15(23)3-5-17/h2-12,25H,13-14H2,1H3,(H,24,27). The maximum absolute atomic E-state index is 12.6. The van der Waals surface area contributed by atoms with Gasteiger partial charge in [0.1, 0.15) is 6.54 Å². The predicted octanol–water partition coefficient (Wildman–Crippen LogP) is 3.27. The Bertz CT molecular complexity index is 1460. The molecule has 0 radical (unpaired) electrons. The number of halogens is 1. The van der Waals surface area contributed by atoms with E-state index in [0.29, 0.717) is 27.9 Å². The number of carbonyl (C=O) groups is 1. The summed E-state index contributed by atoms with van der Waals surface area (Å²) in [6.45, 7) is -0.476. The molecule has 1 amide bonds. The molecule has 0 unspecified atom stereocenters. The van der Waals surface area contributed by atoms with Crippen molar-refractivity contribution >= 4 is 54.6 Å². The minimum Gasteiger partial charge on any atom is -0.454 e. The van der Waals surface area contributed by atoms with Crippen LogP contribution in [-0.2, 0) is 24.8 Å². The molecule has 3 aromatic rings. The summed E-state index contributed by atoms with van der Waals surface area (Å²) in [7, 11) is -7.67. The molecule has 10 nitrogen and oxygen atoms in total. The van der Waals surface area contributed by atoms with Crippen LogP contribution in [0.2, 0.25) is 5.02 Å². The van der Waals surface area contributed by atoms with Gasteiger partial charge in [0, 0.05) is 22.5 Å². The van der Waals surface area contributed by atoms with Crippen LogP contribution in [0.3, 0.4) is 0 Å². The van der Waals surface area contributed by atoms with Crippen molar-refractivity contribution in [2.75, 3.05) is 33.9 Å². The van der Waals surface area contributed by atoms with E-state index < -0.39 is 32.5 Å². The fourth-order valence-corrected chi connectivity index (χ4v) is 5.25. The molecule has 0 saturated heterocycles. The van der Waals surface area contributed by atoms with E-state index in [0.717, 1.165) is 10.6 Å². The van der Waals surface area contributed by atoms with Crippen molar-refractivity contribution in [3.8, 4) is 11.5 Å². The lowest BCUT2D eigenvalue weighted by molar-refractivity contribution is -0.114. The van der Waals surface area contributed by atoms with Crippen LogP contribution in [0.5, 0.6) is 11.5 Å². The molecule has 0 atom stereocenters. The van der Waals surface area contributed by atoms with Crippen molar-refractivity contribution in [2.24, 2.45) is 0 Å². The molecule has 35 heavy (non-hydrogen) atoms. The van der Waals surface area contributed by atoms with Gasteiger partial charge in [-0.25, -0.2) is 16.8 Å². The summed E-state index contributed by atoms with van der Waals surface area (Å²) >= 11 is 5.81. The van der Waals surface area contributed by atoms with E-state index in [9.17, 15) is 21.6 Å².